The Kier molecular flexibility index (Phi) is 6.27. The normalized spacial score (nSPS) is 20.1. The highest BCUT2D eigenvalue weighted by Gasteiger charge is 2.30. The number of likely N-dealkylation sites (tertiary alicyclic amines) is 1. The van der Waals surface area contributed by atoms with Crippen molar-refractivity contribution in [3.05, 3.63) is 0 Å². The number of carbonyl (C=O) groups is 3. The third kappa shape index (κ3) is 4.40. The molecule has 0 radical (unpaired) electrons. The fraction of sp³-hybridized carbons (Fsp3) is 0.769. The number of carbonyl (C=O) groups excluding carboxylic acids is 2. The molecular weight excluding hydrogens is 264 g/mol. The van der Waals surface area contributed by atoms with Crippen LogP contribution in [-0.2, 0) is 14.3 Å². The summed E-state index contributed by atoms with van der Waals surface area (Å²) in [4.78, 5) is 36.1. The number of nitrogens with one attached hydrogen (secondary N) is 1. The number of hydrogen-bond donors (Lipinski definition) is 2. The largest absolute Gasteiger partial charge is 0.480 e. The van der Waals surface area contributed by atoms with Crippen molar-refractivity contribution >= 4 is 18.0 Å². The number of nitrogens with zero attached hydrogens (tertiary/aromatic N) is 1. The molecule has 1 heterocycles. The molecule has 1 unspecified atom stereocenters. The Labute approximate surface area is 118 Å². The molecule has 0 aromatic heterocycles. The molecule has 7 nitrogen and oxygen atoms in total. The van der Waals surface area contributed by atoms with Crippen LogP contribution in [0.5, 0.6) is 0 Å². The number of carboxylic acid groups (broad SMARTS) is 1. The average Bonchev–Trinajstić information content (AvgIpc) is 2.44. The van der Waals surface area contributed by atoms with Gasteiger partial charge in [-0.25, -0.2) is 9.59 Å². The summed E-state index contributed by atoms with van der Waals surface area (Å²) in [6, 6.07) is -1.33. The topological polar surface area (TPSA) is 95.9 Å². The van der Waals surface area contributed by atoms with E-state index in [1.807, 2.05) is 0 Å². The minimum atomic E-state index is -1.06. The van der Waals surface area contributed by atoms with E-state index in [-0.39, 0.29) is 18.4 Å². The van der Waals surface area contributed by atoms with E-state index >= 15 is 0 Å². The van der Waals surface area contributed by atoms with Crippen molar-refractivity contribution in [2.45, 2.75) is 39.2 Å². The van der Waals surface area contributed by atoms with Crippen LogP contribution < -0.4 is 5.32 Å². The summed E-state index contributed by atoms with van der Waals surface area (Å²) in [5, 5.41) is 11.4. The molecule has 20 heavy (non-hydrogen) atoms. The van der Waals surface area contributed by atoms with E-state index in [4.69, 9.17) is 9.84 Å². The third-order valence-electron chi connectivity index (χ3n) is 3.33. The monoisotopic (exact) mass is 286 g/mol. The van der Waals surface area contributed by atoms with Crippen LogP contribution in [0.1, 0.15) is 33.1 Å². The molecule has 2 amide bonds. The molecule has 1 aliphatic heterocycles. The van der Waals surface area contributed by atoms with Gasteiger partial charge in [0, 0.05) is 13.1 Å². The minimum absolute atomic E-state index is 0.278. The molecule has 0 spiro atoms. The van der Waals surface area contributed by atoms with Gasteiger partial charge in [0.2, 0.25) is 0 Å². The number of ether oxygens (including phenoxy) is 1. The number of carboxylic acids is 1. The van der Waals surface area contributed by atoms with Gasteiger partial charge in [-0.1, -0.05) is 6.92 Å². The number of amides is 2. The second-order valence-electron chi connectivity index (χ2n) is 4.79. The quantitative estimate of drug-likeness (QED) is 0.730. The molecule has 0 aromatic rings. The van der Waals surface area contributed by atoms with Crippen molar-refractivity contribution < 1.29 is 24.2 Å². The lowest BCUT2D eigenvalue weighted by Crippen LogP contribution is -2.51. The molecule has 2 N–H and O–H groups in total. The summed E-state index contributed by atoms with van der Waals surface area (Å²) < 4.78 is 4.96. The van der Waals surface area contributed by atoms with Gasteiger partial charge in [-0.05, 0) is 26.2 Å². The minimum Gasteiger partial charge on any atom is -0.480 e. The van der Waals surface area contributed by atoms with Crippen LogP contribution in [-0.4, -0.2) is 53.7 Å². The number of rotatable bonds is 5. The van der Waals surface area contributed by atoms with E-state index in [0.29, 0.717) is 32.4 Å². The van der Waals surface area contributed by atoms with Crippen molar-refractivity contribution in [1.82, 2.24) is 10.2 Å². The van der Waals surface area contributed by atoms with Crippen LogP contribution >= 0.6 is 0 Å². The van der Waals surface area contributed by atoms with Crippen LogP contribution in [0, 0.1) is 5.92 Å². The van der Waals surface area contributed by atoms with Crippen LogP contribution in [0.3, 0.4) is 0 Å². The van der Waals surface area contributed by atoms with E-state index in [1.165, 1.54) is 4.90 Å². The lowest BCUT2D eigenvalue weighted by Gasteiger charge is -2.32. The lowest BCUT2D eigenvalue weighted by molar-refractivity contribution is -0.149. The molecule has 1 fully saturated rings. The van der Waals surface area contributed by atoms with Crippen molar-refractivity contribution in [2.24, 2.45) is 5.92 Å². The van der Waals surface area contributed by atoms with Crippen LogP contribution in [0.25, 0.3) is 0 Å². The Morgan fingerprint density at radius 1 is 1.40 bits per heavy atom. The average molecular weight is 286 g/mol. The van der Waals surface area contributed by atoms with Gasteiger partial charge in [-0.2, -0.15) is 0 Å². The van der Waals surface area contributed by atoms with Gasteiger partial charge >= 0.3 is 18.0 Å². The highest BCUT2D eigenvalue weighted by Crippen LogP contribution is 2.18. The zero-order valence-corrected chi connectivity index (χ0v) is 11.9. The Morgan fingerprint density at radius 2 is 2.10 bits per heavy atom. The molecule has 2 atom stereocenters. The van der Waals surface area contributed by atoms with E-state index in [0.717, 1.165) is 0 Å². The summed E-state index contributed by atoms with van der Waals surface area (Å²) in [6.07, 6.45) is 1.72. The van der Waals surface area contributed by atoms with E-state index in [1.54, 1.807) is 13.8 Å². The van der Waals surface area contributed by atoms with Gasteiger partial charge in [0.05, 0.1) is 12.5 Å². The standard InChI is InChI=1S/C13H22N2O5/c1-3-10(11(16)17)14-13(19)15-7-5-6-9(8-15)12(18)20-4-2/h9-10H,3-8H2,1-2H3,(H,14,19)(H,16,17)/t9?,10-/m1/s1. The molecule has 0 saturated carbocycles. The third-order valence-corrected chi connectivity index (χ3v) is 3.33. The maximum absolute atomic E-state index is 12.0. The van der Waals surface area contributed by atoms with Gasteiger partial charge in [0.15, 0.2) is 0 Å². The first-order valence-corrected chi connectivity index (χ1v) is 6.94. The second kappa shape index (κ2) is 7.72. The predicted octanol–water partition coefficient (Wildman–Crippen LogP) is 0.834. The first-order valence-electron chi connectivity index (χ1n) is 6.94. The molecule has 1 saturated heterocycles. The molecule has 1 rings (SSSR count). The van der Waals surface area contributed by atoms with E-state index < -0.39 is 18.0 Å². The number of urea groups is 1. The van der Waals surface area contributed by atoms with Gasteiger partial charge < -0.3 is 20.1 Å². The molecule has 0 bridgehead atoms. The lowest BCUT2D eigenvalue weighted by atomic mass is 9.98. The fourth-order valence-corrected chi connectivity index (χ4v) is 2.19. The Hall–Kier alpha value is -1.79. The maximum atomic E-state index is 12.0. The second-order valence-corrected chi connectivity index (χ2v) is 4.79. The smallest absolute Gasteiger partial charge is 0.326 e. The molecule has 0 aromatic carbocycles. The molecule has 0 aliphatic carbocycles. The van der Waals surface area contributed by atoms with Crippen molar-refractivity contribution in [3.63, 3.8) is 0 Å². The van der Waals surface area contributed by atoms with E-state index in [2.05, 4.69) is 5.32 Å². The number of aliphatic carboxylic acids is 1. The van der Waals surface area contributed by atoms with Crippen molar-refractivity contribution in [2.75, 3.05) is 19.7 Å². The van der Waals surface area contributed by atoms with Gasteiger partial charge in [-0.3, -0.25) is 4.79 Å². The number of esters is 1. The SMILES string of the molecule is CCOC(=O)C1CCCN(C(=O)N[C@H](CC)C(=O)O)C1. The number of hydrogen-bond acceptors (Lipinski definition) is 4. The molecule has 114 valence electrons. The summed E-state index contributed by atoms with van der Waals surface area (Å²) in [5.41, 5.74) is 0. The van der Waals surface area contributed by atoms with Crippen LogP contribution in [0.4, 0.5) is 4.79 Å². The molecule has 1 aliphatic rings. The number of piperidine rings is 1. The van der Waals surface area contributed by atoms with E-state index in [9.17, 15) is 14.4 Å². The van der Waals surface area contributed by atoms with Crippen LogP contribution in [0.15, 0.2) is 0 Å². The first-order chi connectivity index (χ1) is 9.49. The summed E-state index contributed by atoms with van der Waals surface area (Å²) in [6.45, 7) is 4.55. The fourth-order valence-electron chi connectivity index (χ4n) is 2.19. The van der Waals surface area contributed by atoms with Crippen molar-refractivity contribution in [1.29, 1.82) is 0 Å². The summed E-state index contributed by atoms with van der Waals surface area (Å²) in [5.74, 6) is -1.67. The highest BCUT2D eigenvalue weighted by molar-refractivity contribution is 5.83. The first kappa shape index (κ1) is 16.3. The Bertz CT molecular complexity index is 372. The zero-order chi connectivity index (χ0) is 15.1. The predicted molar refractivity (Wildman–Crippen MR) is 71.2 cm³/mol. The van der Waals surface area contributed by atoms with Crippen molar-refractivity contribution in [3.8, 4) is 0 Å². The van der Waals surface area contributed by atoms with Crippen LogP contribution in [0.2, 0.25) is 0 Å². The Morgan fingerprint density at radius 3 is 2.65 bits per heavy atom. The molecule has 7 heteroatoms. The van der Waals surface area contributed by atoms with Gasteiger partial charge in [0.1, 0.15) is 6.04 Å². The van der Waals surface area contributed by atoms with Gasteiger partial charge in [0.25, 0.3) is 0 Å². The highest BCUT2D eigenvalue weighted by atomic mass is 16.5. The Balaban J connectivity index is 2.55. The van der Waals surface area contributed by atoms with Gasteiger partial charge in [-0.15, -0.1) is 0 Å². The zero-order valence-electron chi connectivity index (χ0n) is 11.9. The summed E-state index contributed by atoms with van der Waals surface area (Å²) in [7, 11) is 0. The molecular formula is C13H22N2O5. The summed E-state index contributed by atoms with van der Waals surface area (Å²) >= 11 is 0. The maximum Gasteiger partial charge on any atom is 0.326 e.